The van der Waals surface area contributed by atoms with Gasteiger partial charge in [-0.25, -0.2) is 0 Å². The van der Waals surface area contributed by atoms with Crippen LogP contribution in [0.1, 0.15) is 46.5 Å². The average Bonchev–Trinajstić information content (AvgIpc) is 1.96. The van der Waals surface area contributed by atoms with Crippen LogP contribution in [0.5, 0.6) is 0 Å². The van der Waals surface area contributed by atoms with Crippen molar-refractivity contribution in [2.75, 3.05) is 0 Å². The Labute approximate surface area is 71.0 Å². The van der Waals surface area contributed by atoms with Gasteiger partial charge in [-0.1, -0.05) is 23.8 Å². The summed E-state index contributed by atoms with van der Waals surface area (Å²) in [6.07, 6.45) is 11.8. The minimum Gasteiger partial charge on any atom is -0.0917 e. The molecule has 0 aromatic heterocycles. The van der Waals surface area contributed by atoms with Gasteiger partial charge >= 0.3 is 0 Å². The first-order chi connectivity index (χ1) is 5.27. The van der Waals surface area contributed by atoms with E-state index in [9.17, 15) is 0 Å². The van der Waals surface area contributed by atoms with E-state index in [1.54, 1.807) is 0 Å². The maximum Gasteiger partial charge on any atom is -0.0348 e. The Morgan fingerprint density at radius 1 is 1.09 bits per heavy atom. The van der Waals surface area contributed by atoms with Crippen LogP contribution < -0.4 is 0 Å². The van der Waals surface area contributed by atoms with E-state index in [1.807, 2.05) is 0 Å². The highest BCUT2D eigenvalue weighted by Gasteiger charge is 1.83. The Hall–Kier alpha value is -0.520. The van der Waals surface area contributed by atoms with Crippen molar-refractivity contribution >= 4 is 0 Å². The zero-order valence-corrected chi connectivity index (χ0v) is 8.06. The summed E-state index contributed by atoms with van der Waals surface area (Å²) in [6, 6.07) is 0. The van der Waals surface area contributed by atoms with E-state index in [4.69, 9.17) is 0 Å². The van der Waals surface area contributed by atoms with E-state index in [0.29, 0.717) is 0 Å². The predicted molar refractivity (Wildman–Crippen MR) is 52.7 cm³/mol. The summed E-state index contributed by atoms with van der Waals surface area (Å²) in [5, 5.41) is 0. The molecule has 11 heavy (non-hydrogen) atoms. The molecular weight excluding hydrogens is 132 g/mol. The molecule has 0 heterocycles. The number of rotatable bonds is 5. The lowest BCUT2D eigenvalue weighted by Crippen LogP contribution is -1.73. The van der Waals surface area contributed by atoms with E-state index in [1.165, 1.54) is 31.3 Å². The van der Waals surface area contributed by atoms with Gasteiger partial charge in [0, 0.05) is 0 Å². The molecule has 0 bridgehead atoms. The quantitative estimate of drug-likeness (QED) is 0.411. The molecule has 0 N–H and O–H groups in total. The molecule has 0 nitrogen and oxygen atoms in total. The average molecular weight is 152 g/mol. The molecular formula is C11H20. The highest BCUT2D eigenvalue weighted by Crippen LogP contribution is 2.03. The van der Waals surface area contributed by atoms with Crippen LogP contribution in [0.2, 0.25) is 0 Å². The van der Waals surface area contributed by atoms with Crippen LogP contribution in [0.4, 0.5) is 0 Å². The van der Waals surface area contributed by atoms with Gasteiger partial charge in [0.2, 0.25) is 0 Å². The van der Waals surface area contributed by atoms with Crippen molar-refractivity contribution in [3.05, 3.63) is 23.8 Å². The molecule has 0 atom stereocenters. The van der Waals surface area contributed by atoms with Crippen molar-refractivity contribution in [1.29, 1.82) is 0 Å². The van der Waals surface area contributed by atoms with Crippen LogP contribution in [0.25, 0.3) is 0 Å². The third-order valence-corrected chi connectivity index (χ3v) is 1.61. The van der Waals surface area contributed by atoms with Crippen LogP contribution >= 0.6 is 0 Å². The smallest absolute Gasteiger partial charge is 0.0348 e. The molecule has 0 rings (SSSR count). The van der Waals surface area contributed by atoms with Crippen molar-refractivity contribution in [2.24, 2.45) is 0 Å². The van der Waals surface area contributed by atoms with Gasteiger partial charge in [0.05, 0.1) is 0 Å². The van der Waals surface area contributed by atoms with Gasteiger partial charge in [0.1, 0.15) is 0 Å². The lowest BCUT2D eigenvalue weighted by Gasteiger charge is -1.93. The van der Waals surface area contributed by atoms with E-state index >= 15 is 0 Å². The summed E-state index contributed by atoms with van der Waals surface area (Å²) in [7, 11) is 0. The molecule has 0 aliphatic rings. The molecule has 64 valence electrons. The maximum atomic E-state index is 2.32. The topological polar surface area (TPSA) is 0 Å². The maximum absolute atomic E-state index is 2.32. The molecule has 0 heteroatoms. The minimum atomic E-state index is 1.24. The lowest BCUT2D eigenvalue weighted by molar-refractivity contribution is 0.759. The Kier molecular flexibility index (Phi) is 7.23. The van der Waals surface area contributed by atoms with Gasteiger partial charge in [-0.2, -0.15) is 0 Å². The number of allylic oxidation sites excluding steroid dienone is 4. The Morgan fingerprint density at radius 2 is 1.73 bits per heavy atom. The first kappa shape index (κ1) is 10.5. The summed E-state index contributed by atoms with van der Waals surface area (Å²) in [6.45, 7) is 6.40. The lowest BCUT2D eigenvalue weighted by atomic mass is 10.1. The summed E-state index contributed by atoms with van der Waals surface area (Å²) >= 11 is 0. The fraction of sp³-hybridized carbons (Fsp3) is 0.636. The second-order valence-corrected chi connectivity index (χ2v) is 3.13. The third kappa shape index (κ3) is 9.48. The van der Waals surface area contributed by atoms with Crippen LogP contribution in [0.15, 0.2) is 23.8 Å². The monoisotopic (exact) mass is 152 g/mol. The van der Waals surface area contributed by atoms with Crippen LogP contribution in [-0.4, -0.2) is 0 Å². The Balaban J connectivity index is 3.09. The van der Waals surface area contributed by atoms with Gasteiger partial charge in [-0.15, -0.1) is 0 Å². The van der Waals surface area contributed by atoms with Crippen LogP contribution in [0, 0.1) is 0 Å². The van der Waals surface area contributed by atoms with Crippen molar-refractivity contribution in [1.82, 2.24) is 0 Å². The largest absolute Gasteiger partial charge is 0.0917 e. The fourth-order valence-corrected chi connectivity index (χ4v) is 0.964. The fourth-order valence-electron chi connectivity index (χ4n) is 0.964. The molecule has 0 amide bonds. The first-order valence-electron chi connectivity index (χ1n) is 4.52. The van der Waals surface area contributed by atoms with Gasteiger partial charge in [-0.3, -0.25) is 0 Å². The third-order valence-electron chi connectivity index (χ3n) is 1.61. The molecule has 0 fully saturated rings. The molecule has 0 saturated carbocycles. The summed E-state index contributed by atoms with van der Waals surface area (Å²) < 4.78 is 0. The number of hydrogen-bond donors (Lipinski definition) is 0. The van der Waals surface area contributed by atoms with Gasteiger partial charge in [0.25, 0.3) is 0 Å². The predicted octanol–water partition coefficient (Wildman–Crippen LogP) is 4.09. The second kappa shape index (κ2) is 7.59. The molecule has 0 radical (unpaired) electrons. The Bertz CT molecular complexity index is 125. The Morgan fingerprint density at radius 3 is 2.27 bits per heavy atom. The molecule has 0 spiro atoms. The normalized spacial score (nSPS) is 10.5. The first-order valence-corrected chi connectivity index (χ1v) is 4.52. The van der Waals surface area contributed by atoms with Crippen molar-refractivity contribution in [3.63, 3.8) is 0 Å². The van der Waals surface area contributed by atoms with Gasteiger partial charge in [-0.05, 0) is 46.5 Å². The summed E-state index contributed by atoms with van der Waals surface area (Å²) in [4.78, 5) is 0. The summed E-state index contributed by atoms with van der Waals surface area (Å²) in [5.41, 5.74) is 1.44. The highest BCUT2D eigenvalue weighted by atomic mass is 13.9. The van der Waals surface area contributed by atoms with E-state index < -0.39 is 0 Å². The number of hydrogen-bond acceptors (Lipinski definition) is 0. The standard InChI is InChI=1S/C11H20/c1-4-5-6-7-8-9-10-11(2)3/h4-5,10H,6-9H2,1-3H3/b5-4+. The van der Waals surface area contributed by atoms with Crippen molar-refractivity contribution in [2.45, 2.75) is 46.5 Å². The van der Waals surface area contributed by atoms with Gasteiger partial charge in [0.15, 0.2) is 0 Å². The molecule has 0 aromatic carbocycles. The summed E-state index contributed by atoms with van der Waals surface area (Å²) in [5.74, 6) is 0. The molecule has 0 aromatic rings. The molecule has 0 saturated heterocycles. The zero-order valence-electron chi connectivity index (χ0n) is 8.06. The van der Waals surface area contributed by atoms with Crippen LogP contribution in [-0.2, 0) is 0 Å². The van der Waals surface area contributed by atoms with E-state index in [-0.39, 0.29) is 0 Å². The SMILES string of the molecule is C/C=C/CCCCC=C(C)C. The van der Waals surface area contributed by atoms with Crippen LogP contribution in [0.3, 0.4) is 0 Å². The molecule has 0 aliphatic carbocycles. The highest BCUT2D eigenvalue weighted by molar-refractivity contribution is 4.92. The number of unbranched alkanes of at least 4 members (excludes halogenated alkanes) is 3. The molecule has 0 aliphatic heterocycles. The van der Waals surface area contributed by atoms with Crippen molar-refractivity contribution < 1.29 is 0 Å². The van der Waals surface area contributed by atoms with E-state index in [0.717, 1.165) is 0 Å². The minimum absolute atomic E-state index is 1.24. The molecule has 0 unspecified atom stereocenters. The zero-order chi connectivity index (χ0) is 8.53. The van der Waals surface area contributed by atoms with E-state index in [2.05, 4.69) is 39.0 Å². The van der Waals surface area contributed by atoms with Crippen molar-refractivity contribution in [3.8, 4) is 0 Å². The van der Waals surface area contributed by atoms with Gasteiger partial charge < -0.3 is 0 Å². The second-order valence-electron chi connectivity index (χ2n) is 3.13.